The van der Waals surface area contributed by atoms with Crippen molar-refractivity contribution in [1.29, 1.82) is 0 Å². The Balaban J connectivity index is 1.85. The Morgan fingerprint density at radius 3 is 2.40 bits per heavy atom. The SMILES string of the molecule is CCN(CC)c1ccc(NCCc2cccnc2)cc1. The molecule has 1 N–H and O–H groups in total. The lowest BCUT2D eigenvalue weighted by molar-refractivity contribution is 0.866. The first-order valence-corrected chi connectivity index (χ1v) is 7.31. The Labute approximate surface area is 121 Å². The Hall–Kier alpha value is -2.03. The molecule has 1 aromatic carbocycles. The molecule has 0 radical (unpaired) electrons. The second-order valence-corrected chi connectivity index (χ2v) is 4.76. The zero-order valence-electron chi connectivity index (χ0n) is 12.3. The number of anilines is 2. The van der Waals surface area contributed by atoms with E-state index in [1.165, 1.54) is 16.9 Å². The van der Waals surface area contributed by atoms with Crippen LogP contribution < -0.4 is 10.2 Å². The standard InChI is InChI=1S/C17H23N3/c1-3-20(4-2)17-9-7-16(8-10-17)19-13-11-15-6-5-12-18-14-15/h5-10,12,14,19H,3-4,11,13H2,1-2H3. The van der Waals surface area contributed by atoms with E-state index in [-0.39, 0.29) is 0 Å². The summed E-state index contributed by atoms with van der Waals surface area (Å²) < 4.78 is 0. The number of nitrogens with one attached hydrogen (secondary N) is 1. The van der Waals surface area contributed by atoms with E-state index >= 15 is 0 Å². The molecule has 0 saturated carbocycles. The van der Waals surface area contributed by atoms with Crippen LogP contribution in [0.1, 0.15) is 19.4 Å². The molecule has 0 aliphatic heterocycles. The van der Waals surface area contributed by atoms with E-state index in [0.717, 1.165) is 26.1 Å². The number of pyridine rings is 1. The zero-order valence-corrected chi connectivity index (χ0v) is 12.3. The van der Waals surface area contributed by atoms with E-state index in [4.69, 9.17) is 0 Å². The second kappa shape index (κ2) is 7.53. The molecule has 0 bridgehead atoms. The van der Waals surface area contributed by atoms with Crippen molar-refractivity contribution in [2.24, 2.45) is 0 Å². The highest BCUT2D eigenvalue weighted by molar-refractivity contribution is 5.55. The van der Waals surface area contributed by atoms with E-state index in [1.54, 1.807) is 0 Å². The number of rotatable bonds is 7. The van der Waals surface area contributed by atoms with Gasteiger partial charge in [0.15, 0.2) is 0 Å². The van der Waals surface area contributed by atoms with Crippen LogP contribution >= 0.6 is 0 Å². The van der Waals surface area contributed by atoms with Crippen LogP contribution in [0.2, 0.25) is 0 Å². The molecular formula is C17H23N3. The molecule has 3 nitrogen and oxygen atoms in total. The first-order valence-electron chi connectivity index (χ1n) is 7.31. The first kappa shape index (κ1) is 14.4. The maximum atomic E-state index is 4.13. The van der Waals surface area contributed by atoms with Crippen molar-refractivity contribution < 1.29 is 0 Å². The molecule has 0 amide bonds. The fourth-order valence-corrected chi connectivity index (χ4v) is 2.28. The van der Waals surface area contributed by atoms with Gasteiger partial charge >= 0.3 is 0 Å². The topological polar surface area (TPSA) is 28.2 Å². The van der Waals surface area contributed by atoms with E-state index < -0.39 is 0 Å². The van der Waals surface area contributed by atoms with Crippen molar-refractivity contribution in [3.63, 3.8) is 0 Å². The summed E-state index contributed by atoms with van der Waals surface area (Å²) >= 11 is 0. The lowest BCUT2D eigenvalue weighted by atomic mass is 10.2. The molecule has 0 atom stereocenters. The second-order valence-electron chi connectivity index (χ2n) is 4.76. The number of nitrogens with zero attached hydrogens (tertiary/aromatic N) is 2. The molecule has 2 rings (SSSR count). The van der Waals surface area contributed by atoms with Crippen molar-refractivity contribution >= 4 is 11.4 Å². The van der Waals surface area contributed by atoms with Crippen LogP contribution in [-0.4, -0.2) is 24.6 Å². The van der Waals surface area contributed by atoms with Gasteiger partial charge in [-0.05, 0) is 56.2 Å². The Bertz CT molecular complexity index is 489. The number of hydrogen-bond acceptors (Lipinski definition) is 3. The van der Waals surface area contributed by atoms with E-state index in [9.17, 15) is 0 Å². The fourth-order valence-electron chi connectivity index (χ4n) is 2.28. The summed E-state index contributed by atoms with van der Waals surface area (Å²) in [6, 6.07) is 12.7. The van der Waals surface area contributed by atoms with Gasteiger partial charge in [-0.15, -0.1) is 0 Å². The highest BCUT2D eigenvalue weighted by Gasteiger charge is 2.01. The normalized spacial score (nSPS) is 10.3. The van der Waals surface area contributed by atoms with Crippen molar-refractivity contribution in [3.05, 3.63) is 54.4 Å². The van der Waals surface area contributed by atoms with Crippen molar-refractivity contribution in [2.75, 3.05) is 29.9 Å². The number of hydrogen-bond donors (Lipinski definition) is 1. The summed E-state index contributed by atoms with van der Waals surface area (Å²) in [5, 5.41) is 3.45. The maximum absolute atomic E-state index is 4.13. The van der Waals surface area contributed by atoms with Gasteiger partial charge in [0.1, 0.15) is 0 Å². The quantitative estimate of drug-likeness (QED) is 0.832. The van der Waals surface area contributed by atoms with Gasteiger partial charge in [-0.1, -0.05) is 6.07 Å². The van der Waals surface area contributed by atoms with Crippen LogP contribution in [0.25, 0.3) is 0 Å². The number of benzene rings is 1. The molecule has 0 unspecified atom stereocenters. The summed E-state index contributed by atoms with van der Waals surface area (Å²) in [5.41, 5.74) is 3.72. The van der Waals surface area contributed by atoms with Gasteiger partial charge in [0, 0.05) is 43.4 Å². The van der Waals surface area contributed by atoms with E-state index in [1.807, 2.05) is 18.5 Å². The third kappa shape index (κ3) is 3.98. The third-order valence-electron chi connectivity index (χ3n) is 3.46. The van der Waals surface area contributed by atoms with Crippen LogP contribution in [0.4, 0.5) is 11.4 Å². The smallest absolute Gasteiger partial charge is 0.0367 e. The third-order valence-corrected chi connectivity index (χ3v) is 3.46. The summed E-state index contributed by atoms with van der Waals surface area (Å²) in [6.45, 7) is 7.39. The monoisotopic (exact) mass is 269 g/mol. The maximum Gasteiger partial charge on any atom is 0.0367 e. The molecule has 2 aromatic rings. The molecule has 1 aromatic heterocycles. The van der Waals surface area contributed by atoms with Crippen LogP contribution in [0, 0.1) is 0 Å². The van der Waals surface area contributed by atoms with E-state index in [0.29, 0.717) is 0 Å². The predicted octanol–water partition coefficient (Wildman–Crippen LogP) is 3.58. The van der Waals surface area contributed by atoms with Gasteiger partial charge < -0.3 is 10.2 Å². The fraction of sp³-hybridized carbons (Fsp3) is 0.353. The van der Waals surface area contributed by atoms with Gasteiger partial charge in [-0.25, -0.2) is 0 Å². The van der Waals surface area contributed by atoms with Crippen molar-refractivity contribution in [3.8, 4) is 0 Å². The molecular weight excluding hydrogens is 246 g/mol. The van der Waals surface area contributed by atoms with Crippen LogP contribution in [0.5, 0.6) is 0 Å². The molecule has 0 aliphatic carbocycles. The largest absolute Gasteiger partial charge is 0.385 e. The first-order chi connectivity index (χ1) is 9.83. The van der Waals surface area contributed by atoms with Gasteiger partial charge in [-0.2, -0.15) is 0 Å². The minimum absolute atomic E-state index is 0.927. The zero-order chi connectivity index (χ0) is 14.2. The van der Waals surface area contributed by atoms with Gasteiger partial charge in [0.2, 0.25) is 0 Å². The average molecular weight is 269 g/mol. The Kier molecular flexibility index (Phi) is 5.42. The van der Waals surface area contributed by atoms with Gasteiger partial charge in [0.25, 0.3) is 0 Å². The van der Waals surface area contributed by atoms with Gasteiger partial charge in [0.05, 0.1) is 0 Å². The molecule has 0 spiro atoms. The minimum Gasteiger partial charge on any atom is -0.385 e. The lowest BCUT2D eigenvalue weighted by Crippen LogP contribution is -2.21. The Morgan fingerprint density at radius 1 is 1.05 bits per heavy atom. The Morgan fingerprint density at radius 2 is 1.80 bits per heavy atom. The summed E-state index contributed by atoms with van der Waals surface area (Å²) in [7, 11) is 0. The highest BCUT2D eigenvalue weighted by Crippen LogP contribution is 2.17. The lowest BCUT2D eigenvalue weighted by Gasteiger charge is -2.21. The molecule has 1 heterocycles. The molecule has 106 valence electrons. The predicted molar refractivity (Wildman–Crippen MR) is 86.4 cm³/mol. The average Bonchev–Trinajstić information content (AvgIpc) is 2.51. The van der Waals surface area contributed by atoms with Crippen molar-refractivity contribution in [2.45, 2.75) is 20.3 Å². The van der Waals surface area contributed by atoms with Crippen LogP contribution in [-0.2, 0) is 6.42 Å². The van der Waals surface area contributed by atoms with Gasteiger partial charge in [-0.3, -0.25) is 4.98 Å². The summed E-state index contributed by atoms with van der Waals surface area (Å²) in [6.07, 6.45) is 4.72. The highest BCUT2D eigenvalue weighted by atomic mass is 15.1. The van der Waals surface area contributed by atoms with Crippen LogP contribution in [0.3, 0.4) is 0 Å². The minimum atomic E-state index is 0.927. The summed E-state index contributed by atoms with van der Waals surface area (Å²) in [4.78, 5) is 6.47. The molecule has 3 heteroatoms. The van der Waals surface area contributed by atoms with Crippen molar-refractivity contribution in [1.82, 2.24) is 4.98 Å². The van der Waals surface area contributed by atoms with E-state index in [2.05, 4.69) is 59.4 Å². The molecule has 0 aliphatic rings. The van der Waals surface area contributed by atoms with Crippen LogP contribution in [0.15, 0.2) is 48.8 Å². The number of aromatic nitrogens is 1. The molecule has 0 saturated heterocycles. The molecule has 20 heavy (non-hydrogen) atoms. The summed E-state index contributed by atoms with van der Waals surface area (Å²) in [5.74, 6) is 0. The molecule has 0 fully saturated rings.